The molecule has 3 rings (SSSR count). The number of carbonyl (C=O) groups excluding carboxylic acids is 1. The second kappa shape index (κ2) is 9.87. The van der Waals surface area contributed by atoms with Crippen LogP contribution in [-0.4, -0.2) is 10.8 Å². The topological polar surface area (TPSA) is 63.0 Å². The van der Waals surface area contributed by atoms with Crippen molar-refractivity contribution >= 4 is 23.5 Å². The molecule has 5 heteroatoms. The van der Waals surface area contributed by atoms with Gasteiger partial charge in [-0.3, -0.25) is 0 Å². The Morgan fingerprint density at radius 3 is 2.57 bits per heavy atom. The van der Waals surface area contributed by atoms with Gasteiger partial charge in [-0.1, -0.05) is 42.8 Å². The Morgan fingerprint density at radius 1 is 1.20 bits per heavy atom. The van der Waals surface area contributed by atoms with Crippen molar-refractivity contribution in [1.82, 2.24) is 4.98 Å². The zero-order chi connectivity index (χ0) is 21.5. The van der Waals surface area contributed by atoms with Gasteiger partial charge in [0, 0.05) is 30.3 Å². The number of ketones is 1. The van der Waals surface area contributed by atoms with Crippen molar-refractivity contribution in [2.24, 2.45) is 5.92 Å². The summed E-state index contributed by atoms with van der Waals surface area (Å²) in [5.41, 5.74) is 3.33. The third-order valence-electron chi connectivity index (χ3n) is 4.47. The number of benzene rings is 2. The molecule has 0 amide bonds. The molecule has 0 aliphatic carbocycles. The molecule has 0 saturated heterocycles. The number of aromatic nitrogens is 1. The van der Waals surface area contributed by atoms with E-state index in [1.54, 1.807) is 37.4 Å². The molecule has 3 aromatic rings. The van der Waals surface area contributed by atoms with E-state index in [0.717, 1.165) is 16.7 Å². The third-order valence-corrected chi connectivity index (χ3v) is 4.79. The first-order valence-electron chi connectivity index (χ1n) is 9.56. The van der Waals surface area contributed by atoms with Crippen LogP contribution in [0.15, 0.2) is 66.9 Å². The monoisotopic (exact) mass is 416 g/mol. The molecule has 150 valence electrons. The lowest BCUT2D eigenvalue weighted by Gasteiger charge is -2.09. The zero-order valence-corrected chi connectivity index (χ0v) is 17.6. The van der Waals surface area contributed by atoms with E-state index in [-0.39, 0.29) is 11.7 Å². The molecular formula is C25H21ClN2O2. The molecule has 1 aromatic heterocycles. The summed E-state index contributed by atoms with van der Waals surface area (Å²) >= 11 is 6.44. The molecule has 1 atom stereocenters. The number of pyridine rings is 1. The molecule has 0 radical (unpaired) electrons. The van der Waals surface area contributed by atoms with Crippen molar-refractivity contribution in [2.75, 3.05) is 0 Å². The van der Waals surface area contributed by atoms with E-state index in [1.807, 2.05) is 49.4 Å². The van der Waals surface area contributed by atoms with Gasteiger partial charge in [0.1, 0.15) is 11.5 Å². The zero-order valence-electron chi connectivity index (χ0n) is 16.8. The van der Waals surface area contributed by atoms with Gasteiger partial charge in [-0.25, -0.2) is 4.98 Å². The molecule has 0 bridgehead atoms. The van der Waals surface area contributed by atoms with Crippen LogP contribution in [0.3, 0.4) is 0 Å². The third kappa shape index (κ3) is 5.79. The number of ether oxygens (including phenoxy) is 1. The predicted molar refractivity (Wildman–Crippen MR) is 119 cm³/mol. The molecule has 0 unspecified atom stereocenters. The van der Waals surface area contributed by atoms with E-state index in [2.05, 4.69) is 11.1 Å². The largest absolute Gasteiger partial charge is 0.439 e. The number of hydrogen-bond acceptors (Lipinski definition) is 4. The fourth-order valence-electron chi connectivity index (χ4n) is 2.99. The minimum Gasteiger partial charge on any atom is -0.439 e. The van der Waals surface area contributed by atoms with E-state index in [0.29, 0.717) is 28.6 Å². The SMILES string of the molecule is CC(=O)C[C@@H](C)/C=C/c1ccc(Oc2ccc(-c3ccc(C#N)cc3)c(Cl)c2)nc1. The lowest BCUT2D eigenvalue weighted by molar-refractivity contribution is -0.117. The number of carbonyl (C=O) groups is 1. The standard InChI is InChI=1S/C25H21ClN2O2/c1-17(13-18(2)29)3-4-20-7-12-25(28-16-20)30-22-10-11-23(24(26)14-22)21-8-5-19(15-27)6-9-21/h3-12,14,16-17H,13H2,1-2H3/b4-3+/t17-/m0/s1. The summed E-state index contributed by atoms with van der Waals surface area (Å²) in [5.74, 6) is 1.42. The predicted octanol–water partition coefficient (Wildman–Crippen LogP) is 6.69. The summed E-state index contributed by atoms with van der Waals surface area (Å²) in [7, 11) is 0. The van der Waals surface area contributed by atoms with E-state index in [1.165, 1.54) is 0 Å². The summed E-state index contributed by atoms with van der Waals surface area (Å²) in [6, 6.07) is 18.5. The van der Waals surface area contributed by atoms with Crippen molar-refractivity contribution in [2.45, 2.75) is 20.3 Å². The number of nitrogens with zero attached hydrogens (tertiary/aromatic N) is 2. The first-order valence-corrected chi connectivity index (χ1v) is 9.94. The van der Waals surface area contributed by atoms with Gasteiger partial charge in [-0.05, 0) is 54.3 Å². The molecule has 0 saturated carbocycles. The summed E-state index contributed by atoms with van der Waals surface area (Å²) in [4.78, 5) is 15.5. The van der Waals surface area contributed by atoms with Crippen LogP contribution in [0, 0.1) is 17.2 Å². The minimum atomic E-state index is 0.179. The maximum absolute atomic E-state index is 11.2. The lowest BCUT2D eigenvalue weighted by Crippen LogP contribution is -1.97. The number of allylic oxidation sites excluding steroid dienone is 1. The van der Waals surface area contributed by atoms with E-state index >= 15 is 0 Å². The fourth-order valence-corrected chi connectivity index (χ4v) is 3.27. The van der Waals surface area contributed by atoms with Crippen molar-refractivity contribution in [3.8, 4) is 28.8 Å². The summed E-state index contributed by atoms with van der Waals surface area (Å²) < 4.78 is 5.81. The number of halogens is 1. The second-order valence-electron chi connectivity index (χ2n) is 7.11. The van der Waals surface area contributed by atoms with Gasteiger partial charge < -0.3 is 9.53 Å². The van der Waals surface area contributed by atoms with Crippen LogP contribution >= 0.6 is 11.6 Å². The first kappa shape index (κ1) is 21.3. The van der Waals surface area contributed by atoms with Crippen LogP contribution in [0.2, 0.25) is 5.02 Å². The Morgan fingerprint density at radius 2 is 1.97 bits per heavy atom. The summed E-state index contributed by atoms with van der Waals surface area (Å²) in [6.45, 7) is 3.61. The normalized spacial score (nSPS) is 11.8. The molecule has 0 fully saturated rings. The van der Waals surface area contributed by atoms with Gasteiger partial charge in [0.25, 0.3) is 0 Å². The van der Waals surface area contributed by atoms with Crippen molar-refractivity contribution in [3.05, 3.63) is 83.0 Å². The molecule has 4 nitrogen and oxygen atoms in total. The Kier molecular flexibility index (Phi) is 7.00. The fraction of sp³-hybridized carbons (Fsp3) is 0.160. The highest BCUT2D eigenvalue weighted by molar-refractivity contribution is 6.33. The molecule has 0 spiro atoms. The van der Waals surface area contributed by atoms with Gasteiger partial charge in [-0.15, -0.1) is 0 Å². The molecule has 0 aliphatic rings. The number of hydrogen-bond donors (Lipinski definition) is 0. The minimum absolute atomic E-state index is 0.179. The highest BCUT2D eigenvalue weighted by atomic mass is 35.5. The number of rotatable bonds is 7. The first-order chi connectivity index (χ1) is 14.4. The van der Waals surface area contributed by atoms with Gasteiger partial charge in [0.15, 0.2) is 0 Å². The molecule has 0 N–H and O–H groups in total. The smallest absolute Gasteiger partial charge is 0.219 e. The molecular weight excluding hydrogens is 396 g/mol. The van der Waals surface area contributed by atoms with Gasteiger partial charge >= 0.3 is 0 Å². The Labute approximate surface area is 181 Å². The van der Waals surface area contributed by atoms with E-state index in [9.17, 15) is 4.79 Å². The van der Waals surface area contributed by atoms with E-state index in [4.69, 9.17) is 21.6 Å². The highest BCUT2D eigenvalue weighted by Gasteiger charge is 2.07. The second-order valence-corrected chi connectivity index (χ2v) is 7.51. The van der Waals surface area contributed by atoms with Crippen molar-refractivity contribution in [3.63, 3.8) is 0 Å². The average Bonchev–Trinajstić information content (AvgIpc) is 2.73. The maximum Gasteiger partial charge on any atom is 0.219 e. The number of nitriles is 1. The highest BCUT2D eigenvalue weighted by Crippen LogP contribution is 2.32. The van der Waals surface area contributed by atoms with E-state index < -0.39 is 0 Å². The van der Waals surface area contributed by atoms with Gasteiger partial charge in [0.2, 0.25) is 5.88 Å². The van der Waals surface area contributed by atoms with Crippen molar-refractivity contribution < 1.29 is 9.53 Å². The Balaban J connectivity index is 1.67. The average molecular weight is 417 g/mol. The summed E-state index contributed by atoms with van der Waals surface area (Å²) in [6.07, 6.45) is 6.21. The van der Waals surface area contributed by atoms with Crippen molar-refractivity contribution in [1.29, 1.82) is 5.26 Å². The molecule has 1 heterocycles. The number of Topliss-reactive ketones (excluding diaryl/α,β-unsaturated/α-hetero) is 1. The summed E-state index contributed by atoms with van der Waals surface area (Å²) in [5, 5.41) is 9.47. The van der Waals surface area contributed by atoms with Crippen LogP contribution in [0.5, 0.6) is 11.6 Å². The Bertz CT molecular complexity index is 1100. The molecule has 0 aliphatic heterocycles. The Hall–Kier alpha value is -3.42. The van der Waals surface area contributed by atoms with Gasteiger partial charge in [-0.2, -0.15) is 5.26 Å². The molecule has 2 aromatic carbocycles. The van der Waals surface area contributed by atoms with Crippen LogP contribution < -0.4 is 4.74 Å². The lowest BCUT2D eigenvalue weighted by atomic mass is 10.0. The van der Waals surface area contributed by atoms with Crippen LogP contribution in [0.4, 0.5) is 0 Å². The van der Waals surface area contributed by atoms with Gasteiger partial charge in [0.05, 0.1) is 16.7 Å². The van der Waals surface area contributed by atoms with Crippen LogP contribution in [-0.2, 0) is 4.79 Å². The van der Waals surface area contributed by atoms with Crippen LogP contribution in [0.25, 0.3) is 17.2 Å². The molecule has 30 heavy (non-hydrogen) atoms. The quantitative estimate of drug-likeness (QED) is 0.430. The maximum atomic E-state index is 11.2. The van der Waals surface area contributed by atoms with Crippen LogP contribution in [0.1, 0.15) is 31.4 Å².